The van der Waals surface area contributed by atoms with Crippen molar-refractivity contribution in [3.05, 3.63) is 10.0 Å². The summed E-state index contributed by atoms with van der Waals surface area (Å²) in [6.45, 7) is 1.51. The number of rotatable bonds is 2. The third kappa shape index (κ3) is 1.99. The van der Waals surface area contributed by atoms with Crippen molar-refractivity contribution < 1.29 is 8.42 Å². The molecular weight excluding hydrogens is 232 g/mol. The quantitative estimate of drug-likeness (QED) is 0.780. The standard InChI is InChI=1S/C6H5ClN2O2S2/c1-2-13(10,11)6-9-5(7)4(3-8)12-6/h2H2,1H3. The van der Waals surface area contributed by atoms with E-state index in [4.69, 9.17) is 16.9 Å². The minimum atomic E-state index is -3.34. The number of nitriles is 1. The lowest BCUT2D eigenvalue weighted by atomic mass is 10.6. The second-order valence-corrected chi connectivity index (χ2v) is 5.92. The van der Waals surface area contributed by atoms with Gasteiger partial charge in [-0.25, -0.2) is 13.4 Å². The molecule has 70 valence electrons. The second-order valence-electron chi connectivity index (χ2n) is 2.11. The predicted molar refractivity (Wildman–Crippen MR) is 49.6 cm³/mol. The first-order valence-electron chi connectivity index (χ1n) is 3.30. The van der Waals surface area contributed by atoms with E-state index in [-0.39, 0.29) is 20.1 Å². The first kappa shape index (κ1) is 10.4. The summed E-state index contributed by atoms with van der Waals surface area (Å²) >= 11 is 6.32. The van der Waals surface area contributed by atoms with Gasteiger partial charge in [0.05, 0.1) is 5.75 Å². The van der Waals surface area contributed by atoms with Gasteiger partial charge in [-0.3, -0.25) is 0 Å². The molecule has 0 unspecified atom stereocenters. The highest BCUT2D eigenvalue weighted by Gasteiger charge is 2.19. The lowest BCUT2D eigenvalue weighted by Crippen LogP contribution is -2.02. The molecular formula is C6H5ClN2O2S2. The van der Waals surface area contributed by atoms with Gasteiger partial charge < -0.3 is 0 Å². The van der Waals surface area contributed by atoms with Crippen LogP contribution in [-0.4, -0.2) is 19.2 Å². The number of hydrogen-bond donors (Lipinski definition) is 0. The van der Waals surface area contributed by atoms with Crippen LogP contribution < -0.4 is 0 Å². The van der Waals surface area contributed by atoms with Crippen LogP contribution in [0, 0.1) is 11.3 Å². The van der Waals surface area contributed by atoms with Crippen LogP contribution in [0.25, 0.3) is 0 Å². The van der Waals surface area contributed by atoms with Crippen molar-refractivity contribution in [3.8, 4) is 6.07 Å². The smallest absolute Gasteiger partial charge is 0.211 e. The number of aromatic nitrogens is 1. The highest BCUT2D eigenvalue weighted by molar-refractivity contribution is 7.93. The summed E-state index contributed by atoms with van der Waals surface area (Å²) in [5, 5.41) is 8.47. The highest BCUT2D eigenvalue weighted by Crippen LogP contribution is 2.25. The lowest BCUT2D eigenvalue weighted by molar-refractivity contribution is 0.596. The average Bonchev–Trinajstić information content (AvgIpc) is 2.47. The molecule has 1 heterocycles. The maximum atomic E-state index is 11.3. The molecule has 0 aliphatic carbocycles. The summed E-state index contributed by atoms with van der Waals surface area (Å²) < 4.78 is 22.4. The lowest BCUT2D eigenvalue weighted by Gasteiger charge is -1.91. The highest BCUT2D eigenvalue weighted by atomic mass is 35.5. The molecule has 4 nitrogen and oxygen atoms in total. The molecule has 0 amide bonds. The van der Waals surface area contributed by atoms with Crippen LogP contribution in [0.3, 0.4) is 0 Å². The average molecular weight is 237 g/mol. The van der Waals surface area contributed by atoms with E-state index in [9.17, 15) is 8.42 Å². The molecule has 0 aliphatic rings. The SMILES string of the molecule is CCS(=O)(=O)c1nc(Cl)c(C#N)s1. The summed E-state index contributed by atoms with van der Waals surface area (Å²) in [6, 6.07) is 1.77. The summed E-state index contributed by atoms with van der Waals surface area (Å²) in [5.74, 6) is -0.0400. The predicted octanol–water partition coefficient (Wildman–Crippen LogP) is 1.46. The Hall–Kier alpha value is -0.640. The molecule has 0 saturated carbocycles. The van der Waals surface area contributed by atoms with Crippen LogP contribution in [-0.2, 0) is 9.84 Å². The van der Waals surface area contributed by atoms with Crippen LogP contribution in [0.1, 0.15) is 11.8 Å². The normalized spacial score (nSPS) is 11.2. The van der Waals surface area contributed by atoms with Gasteiger partial charge >= 0.3 is 0 Å². The summed E-state index contributed by atoms with van der Waals surface area (Å²) in [4.78, 5) is 3.73. The summed E-state index contributed by atoms with van der Waals surface area (Å²) in [5.41, 5.74) is 0. The van der Waals surface area contributed by atoms with Gasteiger partial charge in [-0.15, -0.1) is 0 Å². The van der Waals surface area contributed by atoms with Gasteiger partial charge in [-0.2, -0.15) is 5.26 Å². The van der Waals surface area contributed by atoms with Crippen molar-refractivity contribution in [2.24, 2.45) is 0 Å². The Bertz CT molecular complexity index is 457. The fraction of sp³-hybridized carbons (Fsp3) is 0.333. The monoisotopic (exact) mass is 236 g/mol. The van der Waals surface area contributed by atoms with E-state index in [2.05, 4.69) is 4.98 Å². The van der Waals surface area contributed by atoms with E-state index in [1.165, 1.54) is 6.92 Å². The number of hydrogen-bond acceptors (Lipinski definition) is 5. The topological polar surface area (TPSA) is 70.8 Å². The molecule has 7 heteroatoms. The van der Waals surface area contributed by atoms with Gasteiger partial charge in [-0.1, -0.05) is 29.9 Å². The molecule has 0 spiro atoms. The molecule has 0 aromatic carbocycles. The van der Waals surface area contributed by atoms with Crippen molar-refractivity contribution in [1.29, 1.82) is 5.26 Å². The molecule has 0 bridgehead atoms. The molecule has 1 aromatic heterocycles. The van der Waals surface area contributed by atoms with Gasteiger partial charge in [0.15, 0.2) is 5.15 Å². The van der Waals surface area contributed by atoms with Gasteiger partial charge in [0.1, 0.15) is 10.9 Å². The van der Waals surface area contributed by atoms with Crippen molar-refractivity contribution in [2.45, 2.75) is 11.3 Å². The van der Waals surface area contributed by atoms with Crippen LogP contribution in [0.15, 0.2) is 4.34 Å². The Labute approximate surface area is 84.7 Å². The number of halogens is 1. The molecule has 0 N–H and O–H groups in total. The minimum Gasteiger partial charge on any atom is -0.221 e. The van der Waals surface area contributed by atoms with Crippen molar-refractivity contribution in [1.82, 2.24) is 4.98 Å². The van der Waals surface area contributed by atoms with Crippen molar-refractivity contribution >= 4 is 32.8 Å². The molecule has 1 rings (SSSR count). The Morgan fingerprint density at radius 2 is 2.31 bits per heavy atom. The van der Waals surface area contributed by atoms with Crippen LogP contribution in [0.4, 0.5) is 0 Å². The zero-order valence-electron chi connectivity index (χ0n) is 6.61. The number of nitrogens with zero attached hydrogens (tertiary/aromatic N) is 2. The molecule has 13 heavy (non-hydrogen) atoms. The van der Waals surface area contributed by atoms with Gasteiger partial charge in [0.25, 0.3) is 0 Å². The van der Waals surface area contributed by atoms with E-state index in [0.717, 1.165) is 11.3 Å². The first-order chi connectivity index (χ1) is 6.01. The van der Waals surface area contributed by atoms with Crippen molar-refractivity contribution in [2.75, 3.05) is 5.75 Å². The first-order valence-corrected chi connectivity index (χ1v) is 6.15. The van der Waals surface area contributed by atoms with Gasteiger partial charge in [0, 0.05) is 0 Å². The third-order valence-corrected chi connectivity index (χ3v) is 4.85. The Morgan fingerprint density at radius 1 is 1.69 bits per heavy atom. The van der Waals surface area contributed by atoms with Crippen LogP contribution in [0.5, 0.6) is 0 Å². The van der Waals surface area contributed by atoms with E-state index in [1.54, 1.807) is 6.07 Å². The molecule has 0 atom stereocenters. The van der Waals surface area contributed by atoms with Gasteiger partial charge in [-0.05, 0) is 0 Å². The zero-order chi connectivity index (χ0) is 10.1. The third-order valence-electron chi connectivity index (χ3n) is 1.31. The summed E-state index contributed by atoms with van der Waals surface area (Å²) in [7, 11) is -3.34. The number of thiazole rings is 1. The van der Waals surface area contributed by atoms with E-state index in [1.807, 2.05) is 0 Å². The maximum Gasteiger partial charge on any atom is 0.211 e. The second kappa shape index (κ2) is 3.62. The largest absolute Gasteiger partial charge is 0.221 e. The Balaban J connectivity index is 3.29. The molecule has 0 saturated heterocycles. The molecule has 0 radical (unpaired) electrons. The van der Waals surface area contributed by atoms with E-state index in [0.29, 0.717) is 0 Å². The van der Waals surface area contributed by atoms with E-state index < -0.39 is 9.84 Å². The summed E-state index contributed by atoms with van der Waals surface area (Å²) in [6.07, 6.45) is 0. The Kier molecular flexibility index (Phi) is 2.91. The van der Waals surface area contributed by atoms with Crippen molar-refractivity contribution in [3.63, 3.8) is 0 Å². The van der Waals surface area contributed by atoms with Gasteiger partial charge in [0.2, 0.25) is 14.2 Å². The zero-order valence-corrected chi connectivity index (χ0v) is 9.00. The molecule has 0 fully saturated rings. The van der Waals surface area contributed by atoms with Crippen LogP contribution >= 0.6 is 22.9 Å². The fourth-order valence-electron chi connectivity index (χ4n) is 0.609. The fourth-order valence-corrected chi connectivity index (χ4v) is 3.03. The Morgan fingerprint density at radius 3 is 2.69 bits per heavy atom. The van der Waals surface area contributed by atoms with E-state index >= 15 is 0 Å². The number of sulfone groups is 1. The molecule has 0 aliphatic heterocycles. The maximum absolute atomic E-state index is 11.3. The van der Waals surface area contributed by atoms with Crippen LogP contribution in [0.2, 0.25) is 5.15 Å². The minimum absolute atomic E-state index is 0.0400. The molecule has 1 aromatic rings.